The number of likely N-dealkylation sites (N-methyl/N-ethyl adjacent to an activating group) is 1. The molecule has 2 unspecified atom stereocenters. The molecule has 1 saturated heterocycles. The quantitative estimate of drug-likeness (QED) is 0.902. The first-order chi connectivity index (χ1) is 9.49. The van der Waals surface area contributed by atoms with Gasteiger partial charge in [0.15, 0.2) is 0 Å². The van der Waals surface area contributed by atoms with Crippen LogP contribution in [0.15, 0.2) is 28.7 Å². The van der Waals surface area contributed by atoms with Gasteiger partial charge in [-0.15, -0.1) is 0 Å². The molecule has 5 nitrogen and oxygen atoms in total. The number of carboxylic acid groups (broad SMARTS) is 1. The van der Waals surface area contributed by atoms with Crippen molar-refractivity contribution in [2.75, 3.05) is 20.3 Å². The molecular formula is C14H16BrNO4. The molecule has 1 N–H and O–H groups in total. The number of amides is 1. The third-order valence-electron chi connectivity index (χ3n) is 3.53. The van der Waals surface area contributed by atoms with Crippen LogP contribution in [0.5, 0.6) is 0 Å². The van der Waals surface area contributed by atoms with E-state index in [9.17, 15) is 9.59 Å². The molecule has 0 saturated carbocycles. The van der Waals surface area contributed by atoms with Gasteiger partial charge in [-0.2, -0.15) is 0 Å². The van der Waals surface area contributed by atoms with Crippen LogP contribution in [0.1, 0.15) is 5.56 Å². The molecule has 6 heteroatoms. The van der Waals surface area contributed by atoms with Crippen molar-refractivity contribution in [3.05, 3.63) is 34.3 Å². The molecule has 2 atom stereocenters. The average Bonchev–Trinajstić information content (AvgIpc) is 2.90. The number of benzene rings is 1. The predicted molar refractivity (Wildman–Crippen MR) is 76.3 cm³/mol. The van der Waals surface area contributed by atoms with Gasteiger partial charge in [-0.3, -0.25) is 9.59 Å². The number of hydrogen-bond donors (Lipinski definition) is 1. The van der Waals surface area contributed by atoms with E-state index in [4.69, 9.17) is 9.84 Å². The normalized spacial score (nSPS) is 21.7. The van der Waals surface area contributed by atoms with Gasteiger partial charge in [-0.05, 0) is 17.7 Å². The van der Waals surface area contributed by atoms with Gasteiger partial charge in [-0.25, -0.2) is 0 Å². The number of nitrogens with zero attached hydrogens (tertiary/aromatic N) is 1. The Morgan fingerprint density at radius 1 is 1.35 bits per heavy atom. The van der Waals surface area contributed by atoms with E-state index in [0.717, 1.165) is 10.0 Å². The van der Waals surface area contributed by atoms with Gasteiger partial charge in [0.05, 0.1) is 25.7 Å². The van der Waals surface area contributed by atoms with E-state index < -0.39 is 17.9 Å². The fourth-order valence-corrected chi connectivity index (χ4v) is 2.51. The van der Waals surface area contributed by atoms with Crippen LogP contribution in [0.25, 0.3) is 0 Å². The van der Waals surface area contributed by atoms with Crippen LogP contribution in [0.4, 0.5) is 0 Å². The minimum absolute atomic E-state index is 0.103. The molecule has 1 aromatic rings. The summed E-state index contributed by atoms with van der Waals surface area (Å²) in [6.07, 6.45) is 0.257. The molecule has 1 heterocycles. The predicted octanol–water partition coefficient (Wildman–Crippen LogP) is 1.55. The Kier molecular flexibility index (Phi) is 4.77. The third kappa shape index (κ3) is 3.37. The summed E-state index contributed by atoms with van der Waals surface area (Å²) in [5.74, 6) is -1.67. The molecule has 0 radical (unpaired) electrons. The van der Waals surface area contributed by atoms with Crippen molar-refractivity contribution < 1.29 is 19.4 Å². The van der Waals surface area contributed by atoms with E-state index in [1.807, 2.05) is 24.3 Å². The second kappa shape index (κ2) is 6.37. The van der Waals surface area contributed by atoms with E-state index in [0.29, 0.717) is 0 Å². The van der Waals surface area contributed by atoms with E-state index >= 15 is 0 Å². The van der Waals surface area contributed by atoms with Gasteiger partial charge in [0.2, 0.25) is 5.91 Å². The molecule has 1 amide bonds. The third-order valence-corrected chi connectivity index (χ3v) is 4.06. The summed E-state index contributed by atoms with van der Waals surface area (Å²) in [6, 6.07) is 7.10. The largest absolute Gasteiger partial charge is 0.481 e. The number of rotatable bonds is 4. The van der Waals surface area contributed by atoms with Crippen molar-refractivity contribution in [2.24, 2.45) is 5.92 Å². The maximum absolute atomic E-state index is 12.2. The van der Waals surface area contributed by atoms with Crippen LogP contribution >= 0.6 is 15.9 Å². The molecule has 108 valence electrons. The zero-order valence-corrected chi connectivity index (χ0v) is 12.7. The minimum Gasteiger partial charge on any atom is -0.481 e. The van der Waals surface area contributed by atoms with Gasteiger partial charge >= 0.3 is 5.97 Å². The maximum atomic E-state index is 12.2. The van der Waals surface area contributed by atoms with E-state index in [-0.39, 0.29) is 25.5 Å². The smallest absolute Gasteiger partial charge is 0.311 e. The highest BCUT2D eigenvalue weighted by atomic mass is 79.9. The Morgan fingerprint density at radius 2 is 2.00 bits per heavy atom. The van der Waals surface area contributed by atoms with Crippen molar-refractivity contribution >= 4 is 27.8 Å². The first-order valence-corrected chi connectivity index (χ1v) is 7.09. The van der Waals surface area contributed by atoms with Crippen LogP contribution in [-0.4, -0.2) is 48.2 Å². The molecule has 0 aromatic heterocycles. The van der Waals surface area contributed by atoms with E-state index in [1.165, 1.54) is 4.90 Å². The number of carbonyl (C=O) groups excluding carboxylic acids is 1. The lowest BCUT2D eigenvalue weighted by Crippen LogP contribution is -2.44. The zero-order valence-electron chi connectivity index (χ0n) is 11.1. The standard InChI is InChI=1S/C14H16BrNO4/c1-16(12-8-20-7-11(12)14(18)19)13(17)6-9-2-4-10(15)5-3-9/h2-5,11-12H,6-8H2,1H3,(H,18,19). The van der Waals surface area contributed by atoms with Crippen molar-refractivity contribution in [1.82, 2.24) is 4.90 Å². The number of halogens is 1. The monoisotopic (exact) mass is 341 g/mol. The van der Waals surface area contributed by atoms with Crippen molar-refractivity contribution in [2.45, 2.75) is 12.5 Å². The summed E-state index contributed by atoms with van der Waals surface area (Å²) >= 11 is 3.34. The lowest BCUT2D eigenvalue weighted by Gasteiger charge is -2.26. The molecule has 20 heavy (non-hydrogen) atoms. The van der Waals surface area contributed by atoms with Gasteiger partial charge in [-0.1, -0.05) is 28.1 Å². The molecule has 1 aliphatic heterocycles. The van der Waals surface area contributed by atoms with E-state index in [1.54, 1.807) is 7.05 Å². The number of hydrogen-bond acceptors (Lipinski definition) is 3. The second-order valence-electron chi connectivity index (χ2n) is 4.86. The molecule has 0 bridgehead atoms. The van der Waals surface area contributed by atoms with Crippen LogP contribution in [0, 0.1) is 5.92 Å². The van der Waals surface area contributed by atoms with Crippen LogP contribution in [0.3, 0.4) is 0 Å². The lowest BCUT2D eigenvalue weighted by molar-refractivity contribution is -0.144. The van der Waals surface area contributed by atoms with E-state index in [2.05, 4.69) is 15.9 Å². The van der Waals surface area contributed by atoms with Gasteiger partial charge in [0.1, 0.15) is 5.92 Å². The average molecular weight is 342 g/mol. The Bertz CT molecular complexity index is 502. The maximum Gasteiger partial charge on any atom is 0.311 e. The molecular weight excluding hydrogens is 326 g/mol. The SMILES string of the molecule is CN(C(=O)Cc1ccc(Br)cc1)C1COCC1C(=O)O. The minimum atomic E-state index is -0.921. The van der Waals surface area contributed by atoms with Crippen LogP contribution < -0.4 is 0 Å². The van der Waals surface area contributed by atoms with Gasteiger partial charge in [0.25, 0.3) is 0 Å². The van der Waals surface area contributed by atoms with Crippen LogP contribution in [0.2, 0.25) is 0 Å². The Labute approximate surface area is 125 Å². The summed E-state index contributed by atoms with van der Waals surface area (Å²) in [4.78, 5) is 24.8. The Balaban J connectivity index is 2.01. The molecule has 1 aromatic carbocycles. The fraction of sp³-hybridized carbons (Fsp3) is 0.429. The number of aliphatic carboxylic acids is 1. The summed E-state index contributed by atoms with van der Waals surface area (Å²) in [5.41, 5.74) is 0.899. The highest BCUT2D eigenvalue weighted by Gasteiger charge is 2.38. The summed E-state index contributed by atoms with van der Waals surface area (Å²) in [7, 11) is 1.64. The molecule has 0 aliphatic carbocycles. The topological polar surface area (TPSA) is 66.8 Å². The first kappa shape index (κ1) is 15.0. The number of carboxylic acids is 1. The number of carbonyl (C=O) groups is 2. The molecule has 2 rings (SSSR count). The van der Waals surface area contributed by atoms with Crippen molar-refractivity contribution in [1.29, 1.82) is 0 Å². The highest BCUT2D eigenvalue weighted by molar-refractivity contribution is 9.10. The van der Waals surface area contributed by atoms with Crippen molar-refractivity contribution in [3.63, 3.8) is 0 Å². The van der Waals surface area contributed by atoms with Crippen molar-refractivity contribution in [3.8, 4) is 0 Å². The Morgan fingerprint density at radius 3 is 2.60 bits per heavy atom. The summed E-state index contributed by atoms with van der Waals surface area (Å²) < 4.78 is 6.14. The Hall–Kier alpha value is -1.40. The fourth-order valence-electron chi connectivity index (χ4n) is 2.25. The van der Waals surface area contributed by atoms with Crippen LogP contribution in [-0.2, 0) is 20.7 Å². The second-order valence-corrected chi connectivity index (χ2v) is 5.77. The number of ether oxygens (including phenoxy) is 1. The summed E-state index contributed by atoms with van der Waals surface area (Å²) in [5, 5.41) is 9.11. The first-order valence-electron chi connectivity index (χ1n) is 6.29. The van der Waals surface area contributed by atoms with Gasteiger partial charge < -0.3 is 14.7 Å². The zero-order chi connectivity index (χ0) is 14.7. The summed E-state index contributed by atoms with van der Waals surface area (Å²) in [6.45, 7) is 0.440. The highest BCUT2D eigenvalue weighted by Crippen LogP contribution is 2.20. The molecule has 0 spiro atoms. The van der Waals surface area contributed by atoms with Gasteiger partial charge in [0, 0.05) is 11.5 Å². The lowest BCUT2D eigenvalue weighted by atomic mass is 10.0. The molecule has 1 fully saturated rings. The molecule has 1 aliphatic rings.